The van der Waals surface area contributed by atoms with Crippen LogP contribution < -0.4 is 4.90 Å². The van der Waals surface area contributed by atoms with Crippen molar-refractivity contribution in [2.24, 2.45) is 5.92 Å². The van der Waals surface area contributed by atoms with E-state index in [1.54, 1.807) is 36.4 Å². The first kappa shape index (κ1) is 21.8. The lowest BCUT2D eigenvalue weighted by Gasteiger charge is -2.25. The Bertz CT molecular complexity index is 802. The number of nitrogens with zero attached hydrogens (tertiary/aromatic N) is 1. The molecule has 0 aliphatic rings. The number of benzene rings is 3. The molecule has 0 saturated heterocycles. The fraction of sp³-hybridized carbons (Fsp3) is 0.160. The maximum absolute atomic E-state index is 10.9. The van der Waals surface area contributed by atoms with E-state index in [4.69, 9.17) is 0 Å². The third-order valence-electron chi connectivity index (χ3n) is 3.86. The molecular weight excluding hydrogens is 362 g/mol. The predicted molar refractivity (Wildman–Crippen MR) is 118 cm³/mol. The van der Waals surface area contributed by atoms with E-state index in [1.165, 1.54) is 0 Å². The first-order chi connectivity index (χ1) is 14.0. The highest BCUT2D eigenvalue weighted by molar-refractivity contribution is 5.83. The van der Waals surface area contributed by atoms with Gasteiger partial charge in [-0.2, -0.15) is 0 Å². The van der Waals surface area contributed by atoms with E-state index in [9.17, 15) is 14.4 Å². The summed E-state index contributed by atoms with van der Waals surface area (Å²) in [7, 11) is 0. The van der Waals surface area contributed by atoms with Gasteiger partial charge < -0.3 is 4.90 Å². The van der Waals surface area contributed by atoms with Crippen LogP contribution in [0.5, 0.6) is 0 Å². The van der Waals surface area contributed by atoms with Crippen LogP contribution in [0.25, 0.3) is 0 Å². The molecule has 4 nitrogen and oxygen atoms in total. The molecule has 3 aromatic carbocycles. The van der Waals surface area contributed by atoms with Gasteiger partial charge in [-0.15, -0.1) is 0 Å². The van der Waals surface area contributed by atoms with Crippen LogP contribution in [0.1, 0.15) is 51.8 Å². The van der Waals surface area contributed by atoms with Gasteiger partial charge in [-0.05, 0) is 78.7 Å². The van der Waals surface area contributed by atoms with Gasteiger partial charge >= 0.3 is 0 Å². The Balaban J connectivity index is 0.000000687. The summed E-state index contributed by atoms with van der Waals surface area (Å²) in [5.74, 6) is 0.833. The number of carbonyl (C=O) groups is 3. The van der Waals surface area contributed by atoms with Gasteiger partial charge in [0.2, 0.25) is 0 Å². The maximum Gasteiger partial charge on any atom is 0.150 e. The Morgan fingerprint density at radius 2 is 0.724 bits per heavy atom. The monoisotopic (exact) mass is 387 g/mol. The standard InChI is InChI=1S/C21H15NO3.C4H10/c23-13-16-1-7-19(8-2-16)22(20-9-3-17(14-24)4-10-20)21-11-5-18(15-25)6-12-21;1-4(2)3/h1-15H;4H,1-3H3. The summed E-state index contributed by atoms with van der Waals surface area (Å²) in [6, 6.07) is 21.6. The third-order valence-corrected chi connectivity index (χ3v) is 3.86. The lowest BCUT2D eigenvalue weighted by Crippen LogP contribution is -2.10. The van der Waals surface area contributed by atoms with E-state index < -0.39 is 0 Å². The second-order valence-corrected chi connectivity index (χ2v) is 7.20. The molecule has 0 spiro atoms. The molecule has 0 saturated carbocycles. The average Bonchev–Trinajstić information content (AvgIpc) is 2.75. The summed E-state index contributed by atoms with van der Waals surface area (Å²) in [5.41, 5.74) is 4.37. The van der Waals surface area contributed by atoms with Gasteiger partial charge in [0.25, 0.3) is 0 Å². The zero-order valence-electron chi connectivity index (χ0n) is 16.9. The fourth-order valence-corrected chi connectivity index (χ4v) is 2.55. The van der Waals surface area contributed by atoms with Crippen molar-refractivity contribution in [3.63, 3.8) is 0 Å². The van der Waals surface area contributed by atoms with Crippen molar-refractivity contribution in [1.29, 1.82) is 0 Å². The summed E-state index contributed by atoms with van der Waals surface area (Å²) in [4.78, 5) is 34.7. The molecule has 0 radical (unpaired) electrons. The van der Waals surface area contributed by atoms with Gasteiger partial charge in [-0.25, -0.2) is 0 Å². The summed E-state index contributed by atoms with van der Waals surface area (Å²) in [5, 5.41) is 0. The second-order valence-electron chi connectivity index (χ2n) is 7.20. The Hall–Kier alpha value is -3.53. The van der Waals surface area contributed by atoms with Crippen molar-refractivity contribution in [3.8, 4) is 0 Å². The molecule has 29 heavy (non-hydrogen) atoms. The molecule has 0 aliphatic heterocycles. The third kappa shape index (κ3) is 6.25. The topological polar surface area (TPSA) is 54.5 Å². The number of hydrogen-bond acceptors (Lipinski definition) is 4. The van der Waals surface area contributed by atoms with Crippen LogP contribution in [0, 0.1) is 5.92 Å². The van der Waals surface area contributed by atoms with Gasteiger partial charge in [0, 0.05) is 33.8 Å². The molecular formula is C25H25NO3. The zero-order chi connectivity index (χ0) is 21.2. The minimum atomic E-state index is 0.594. The van der Waals surface area contributed by atoms with Gasteiger partial charge in [-0.3, -0.25) is 14.4 Å². The number of rotatable bonds is 6. The van der Waals surface area contributed by atoms with Crippen LogP contribution >= 0.6 is 0 Å². The molecule has 0 aliphatic carbocycles. The summed E-state index contributed by atoms with van der Waals surface area (Å²) >= 11 is 0. The SMILES string of the molecule is CC(C)C.O=Cc1ccc(N(c2ccc(C=O)cc2)c2ccc(C=O)cc2)cc1. The number of aldehydes is 3. The molecule has 0 atom stereocenters. The van der Waals surface area contributed by atoms with Crippen LogP contribution in [-0.4, -0.2) is 18.9 Å². The first-order valence-corrected chi connectivity index (χ1v) is 9.44. The normalized spacial score (nSPS) is 9.93. The Kier molecular flexibility index (Phi) is 8.04. The van der Waals surface area contributed by atoms with Crippen LogP contribution in [0.3, 0.4) is 0 Å². The van der Waals surface area contributed by atoms with E-state index in [0.29, 0.717) is 16.7 Å². The summed E-state index contributed by atoms with van der Waals surface area (Å²) in [6.45, 7) is 6.50. The summed E-state index contributed by atoms with van der Waals surface area (Å²) in [6.07, 6.45) is 2.39. The molecule has 3 aromatic rings. The largest absolute Gasteiger partial charge is 0.311 e. The van der Waals surface area contributed by atoms with Gasteiger partial charge in [0.15, 0.2) is 0 Å². The van der Waals surface area contributed by atoms with Crippen LogP contribution in [0.4, 0.5) is 17.1 Å². The molecule has 0 heterocycles. The molecule has 0 fully saturated rings. The van der Waals surface area contributed by atoms with Crippen LogP contribution in [-0.2, 0) is 0 Å². The second kappa shape index (κ2) is 10.7. The zero-order valence-corrected chi connectivity index (χ0v) is 16.9. The Labute approximate surface area is 171 Å². The van der Waals surface area contributed by atoms with Crippen molar-refractivity contribution >= 4 is 35.9 Å². The smallest absolute Gasteiger partial charge is 0.150 e. The van der Waals surface area contributed by atoms with Crippen molar-refractivity contribution in [2.45, 2.75) is 20.8 Å². The summed E-state index contributed by atoms with van der Waals surface area (Å²) < 4.78 is 0. The average molecular weight is 387 g/mol. The molecule has 0 aromatic heterocycles. The van der Waals surface area contributed by atoms with Crippen LogP contribution in [0.2, 0.25) is 0 Å². The maximum atomic E-state index is 10.9. The van der Waals surface area contributed by atoms with Crippen molar-refractivity contribution in [1.82, 2.24) is 0 Å². The molecule has 148 valence electrons. The van der Waals surface area contributed by atoms with Crippen molar-refractivity contribution < 1.29 is 14.4 Å². The molecule has 0 N–H and O–H groups in total. The molecule has 0 amide bonds. The van der Waals surface area contributed by atoms with Crippen molar-refractivity contribution in [3.05, 3.63) is 89.5 Å². The molecule has 0 unspecified atom stereocenters. The van der Waals surface area contributed by atoms with E-state index in [2.05, 4.69) is 20.8 Å². The van der Waals surface area contributed by atoms with Gasteiger partial charge in [0.1, 0.15) is 18.9 Å². The van der Waals surface area contributed by atoms with E-state index in [1.807, 2.05) is 41.3 Å². The van der Waals surface area contributed by atoms with Gasteiger partial charge in [0.05, 0.1) is 0 Å². The van der Waals surface area contributed by atoms with Crippen molar-refractivity contribution in [2.75, 3.05) is 4.90 Å². The highest BCUT2D eigenvalue weighted by atomic mass is 16.1. The number of carbonyl (C=O) groups excluding carboxylic acids is 3. The molecule has 0 bridgehead atoms. The van der Waals surface area contributed by atoms with E-state index in [0.717, 1.165) is 41.8 Å². The molecule has 3 rings (SSSR count). The minimum absolute atomic E-state index is 0.594. The quantitative estimate of drug-likeness (QED) is 0.469. The van der Waals surface area contributed by atoms with Crippen LogP contribution in [0.15, 0.2) is 72.8 Å². The van der Waals surface area contributed by atoms with E-state index >= 15 is 0 Å². The number of anilines is 3. The lowest BCUT2D eigenvalue weighted by atomic mass is 10.1. The Morgan fingerprint density at radius 3 is 0.897 bits per heavy atom. The van der Waals surface area contributed by atoms with Gasteiger partial charge in [-0.1, -0.05) is 20.8 Å². The minimum Gasteiger partial charge on any atom is -0.311 e. The lowest BCUT2D eigenvalue weighted by molar-refractivity contribution is 0.111. The highest BCUT2D eigenvalue weighted by Crippen LogP contribution is 2.34. The molecule has 4 heteroatoms. The predicted octanol–water partition coefficient (Wildman–Crippen LogP) is 6.26. The Morgan fingerprint density at radius 1 is 0.517 bits per heavy atom. The highest BCUT2D eigenvalue weighted by Gasteiger charge is 2.12. The van der Waals surface area contributed by atoms with E-state index in [-0.39, 0.29) is 0 Å². The first-order valence-electron chi connectivity index (χ1n) is 9.44. The fourth-order valence-electron chi connectivity index (χ4n) is 2.55. The number of hydrogen-bond donors (Lipinski definition) is 0.